The summed E-state index contributed by atoms with van der Waals surface area (Å²) in [5.74, 6) is 0.709. The van der Waals surface area contributed by atoms with Gasteiger partial charge < -0.3 is 10.2 Å². The monoisotopic (exact) mass is 354 g/mol. The van der Waals surface area contributed by atoms with Crippen LogP contribution in [0.3, 0.4) is 0 Å². The molecular formula is C19H28ClFN2O. The van der Waals surface area contributed by atoms with Crippen molar-refractivity contribution in [1.82, 2.24) is 10.2 Å². The van der Waals surface area contributed by atoms with Gasteiger partial charge in [-0.2, -0.15) is 0 Å². The van der Waals surface area contributed by atoms with Crippen molar-refractivity contribution in [3.63, 3.8) is 0 Å². The molecule has 24 heavy (non-hydrogen) atoms. The van der Waals surface area contributed by atoms with E-state index < -0.39 is 5.41 Å². The Bertz CT molecular complexity index is 535. The zero-order chi connectivity index (χ0) is 16.3. The molecule has 1 heterocycles. The Kier molecular flexibility index (Phi) is 6.64. The fraction of sp³-hybridized carbons (Fsp3) is 0.632. The molecule has 1 amide bonds. The maximum absolute atomic E-state index is 13.3. The largest absolute Gasteiger partial charge is 0.342 e. The molecule has 1 aromatic rings. The van der Waals surface area contributed by atoms with Crippen LogP contribution in [-0.4, -0.2) is 37.5 Å². The minimum absolute atomic E-state index is 0. The molecule has 1 saturated heterocycles. The number of carbonyl (C=O) groups is 1. The van der Waals surface area contributed by atoms with Crippen LogP contribution < -0.4 is 5.32 Å². The Morgan fingerprint density at radius 1 is 1.21 bits per heavy atom. The van der Waals surface area contributed by atoms with E-state index in [2.05, 4.69) is 10.2 Å². The smallest absolute Gasteiger partial charge is 0.233 e. The van der Waals surface area contributed by atoms with Crippen molar-refractivity contribution in [3.05, 3.63) is 35.6 Å². The summed E-state index contributed by atoms with van der Waals surface area (Å²) in [5.41, 5.74) is 0.586. The van der Waals surface area contributed by atoms with E-state index in [0.29, 0.717) is 5.92 Å². The number of nitrogens with zero attached hydrogens (tertiary/aromatic N) is 1. The fourth-order valence-electron chi connectivity index (χ4n) is 4.31. The van der Waals surface area contributed by atoms with Crippen LogP contribution in [0.15, 0.2) is 24.3 Å². The van der Waals surface area contributed by atoms with Gasteiger partial charge in [-0.15, -0.1) is 12.4 Å². The molecule has 1 aliphatic heterocycles. The molecule has 1 aromatic carbocycles. The second-order valence-corrected chi connectivity index (χ2v) is 7.09. The molecule has 0 unspecified atom stereocenters. The quantitative estimate of drug-likeness (QED) is 0.897. The van der Waals surface area contributed by atoms with Crippen LogP contribution in [0.1, 0.15) is 44.1 Å². The van der Waals surface area contributed by atoms with Gasteiger partial charge in [0.15, 0.2) is 0 Å². The Balaban J connectivity index is 0.00000208. The van der Waals surface area contributed by atoms with E-state index in [0.717, 1.165) is 63.7 Å². The molecule has 3 nitrogen and oxygen atoms in total. The zero-order valence-electron chi connectivity index (χ0n) is 14.4. The average Bonchev–Trinajstić information content (AvgIpc) is 3.07. The maximum Gasteiger partial charge on any atom is 0.233 e. The summed E-state index contributed by atoms with van der Waals surface area (Å²) in [4.78, 5) is 15.3. The molecule has 0 spiro atoms. The lowest BCUT2D eigenvalue weighted by Crippen LogP contribution is -2.49. The second-order valence-electron chi connectivity index (χ2n) is 7.09. The maximum atomic E-state index is 13.3. The van der Waals surface area contributed by atoms with Crippen molar-refractivity contribution in [2.75, 3.05) is 26.7 Å². The van der Waals surface area contributed by atoms with E-state index in [1.807, 2.05) is 19.2 Å². The number of amides is 1. The lowest BCUT2D eigenvalue weighted by atomic mass is 9.77. The molecule has 0 aromatic heterocycles. The summed E-state index contributed by atoms with van der Waals surface area (Å²) in [5, 5.41) is 3.24. The normalized spacial score (nSPS) is 20.7. The summed E-state index contributed by atoms with van der Waals surface area (Å²) in [6.07, 6.45) is 6.11. The van der Waals surface area contributed by atoms with Crippen LogP contribution >= 0.6 is 12.4 Å². The van der Waals surface area contributed by atoms with E-state index >= 15 is 0 Å². The summed E-state index contributed by atoms with van der Waals surface area (Å²) >= 11 is 0. The third-order valence-electron chi connectivity index (χ3n) is 5.66. The highest BCUT2D eigenvalue weighted by atomic mass is 35.5. The average molecular weight is 355 g/mol. The minimum Gasteiger partial charge on any atom is -0.342 e. The van der Waals surface area contributed by atoms with Gasteiger partial charge in [0.1, 0.15) is 5.82 Å². The van der Waals surface area contributed by atoms with Gasteiger partial charge in [0.05, 0.1) is 5.41 Å². The van der Waals surface area contributed by atoms with Gasteiger partial charge in [0, 0.05) is 13.1 Å². The first-order valence-electron chi connectivity index (χ1n) is 8.86. The molecule has 134 valence electrons. The Labute approximate surface area is 150 Å². The Morgan fingerprint density at radius 3 is 2.33 bits per heavy atom. The van der Waals surface area contributed by atoms with Crippen LogP contribution in [0.4, 0.5) is 4.39 Å². The molecule has 0 radical (unpaired) electrons. The Morgan fingerprint density at radius 2 is 1.79 bits per heavy atom. The molecule has 2 aliphatic rings. The summed E-state index contributed by atoms with van der Waals surface area (Å²) in [7, 11) is 1.99. The number of benzene rings is 1. The first-order valence-corrected chi connectivity index (χ1v) is 8.86. The number of hydrogen-bond donors (Lipinski definition) is 1. The number of nitrogens with one attached hydrogen (secondary N) is 1. The SMILES string of the molecule is CNCC1CCN(C(=O)C2(c3ccc(F)cc3)CCCC2)CC1.Cl. The number of piperidine rings is 1. The number of halogens is 2. The molecule has 0 bridgehead atoms. The molecule has 3 rings (SSSR count). The van der Waals surface area contributed by atoms with Crippen LogP contribution in [0.2, 0.25) is 0 Å². The van der Waals surface area contributed by atoms with Crippen molar-refractivity contribution < 1.29 is 9.18 Å². The highest BCUT2D eigenvalue weighted by molar-refractivity contribution is 5.88. The molecule has 2 fully saturated rings. The molecule has 1 N–H and O–H groups in total. The fourth-order valence-corrected chi connectivity index (χ4v) is 4.31. The highest BCUT2D eigenvalue weighted by Gasteiger charge is 2.45. The highest BCUT2D eigenvalue weighted by Crippen LogP contribution is 2.43. The third kappa shape index (κ3) is 3.75. The van der Waals surface area contributed by atoms with Gasteiger partial charge in [0.2, 0.25) is 5.91 Å². The lowest BCUT2D eigenvalue weighted by molar-refractivity contribution is -0.138. The van der Waals surface area contributed by atoms with Crippen LogP contribution in [-0.2, 0) is 10.2 Å². The predicted molar refractivity (Wildman–Crippen MR) is 97.0 cm³/mol. The third-order valence-corrected chi connectivity index (χ3v) is 5.66. The molecule has 1 saturated carbocycles. The van der Waals surface area contributed by atoms with Crippen molar-refractivity contribution in [1.29, 1.82) is 0 Å². The van der Waals surface area contributed by atoms with Gasteiger partial charge in [-0.1, -0.05) is 25.0 Å². The molecular weight excluding hydrogens is 327 g/mol. The number of hydrogen-bond acceptors (Lipinski definition) is 2. The van der Waals surface area contributed by atoms with Gasteiger partial charge in [0.25, 0.3) is 0 Å². The first kappa shape index (κ1) is 19.2. The van der Waals surface area contributed by atoms with E-state index in [4.69, 9.17) is 0 Å². The summed E-state index contributed by atoms with van der Waals surface area (Å²) in [6.45, 7) is 2.74. The molecule has 5 heteroatoms. The first-order chi connectivity index (χ1) is 11.2. The Hall–Kier alpha value is -1.13. The van der Waals surface area contributed by atoms with E-state index in [-0.39, 0.29) is 24.1 Å². The van der Waals surface area contributed by atoms with Crippen molar-refractivity contribution in [2.24, 2.45) is 5.92 Å². The van der Waals surface area contributed by atoms with Crippen LogP contribution in [0.25, 0.3) is 0 Å². The molecule has 0 atom stereocenters. The van der Waals surface area contributed by atoms with Gasteiger partial charge in [-0.3, -0.25) is 4.79 Å². The topological polar surface area (TPSA) is 32.3 Å². The number of carbonyl (C=O) groups excluding carboxylic acids is 1. The van der Waals surface area contributed by atoms with Crippen molar-refractivity contribution in [2.45, 2.75) is 43.9 Å². The van der Waals surface area contributed by atoms with Gasteiger partial charge in [-0.25, -0.2) is 4.39 Å². The molecule has 1 aliphatic carbocycles. The second kappa shape index (κ2) is 8.30. The van der Waals surface area contributed by atoms with Crippen molar-refractivity contribution >= 4 is 18.3 Å². The van der Waals surface area contributed by atoms with Crippen molar-refractivity contribution in [3.8, 4) is 0 Å². The number of rotatable bonds is 4. The van der Waals surface area contributed by atoms with E-state index in [1.54, 1.807) is 0 Å². The minimum atomic E-state index is -0.413. The van der Waals surface area contributed by atoms with Gasteiger partial charge >= 0.3 is 0 Å². The van der Waals surface area contributed by atoms with Crippen LogP contribution in [0.5, 0.6) is 0 Å². The van der Waals surface area contributed by atoms with E-state index in [9.17, 15) is 9.18 Å². The summed E-state index contributed by atoms with van der Waals surface area (Å²) in [6, 6.07) is 6.60. The number of likely N-dealkylation sites (tertiary alicyclic amines) is 1. The standard InChI is InChI=1S/C19H27FN2O.ClH/c1-21-14-15-8-12-22(13-9-15)18(23)19(10-2-3-11-19)16-4-6-17(20)7-5-16;/h4-7,15,21H,2-3,8-14H2,1H3;1H. The van der Waals surface area contributed by atoms with Crippen LogP contribution in [0, 0.1) is 11.7 Å². The summed E-state index contributed by atoms with van der Waals surface area (Å²) < 4.78 is 13.3. The zero-order valence-corrected chi connectivity index (χ0v) is 15.2. The predicted octanol–water partition coefficient (Wildman–Crippen LogP) is 3.52. The van der Waals surface area contributed by atoms with E-state index in [1.165, 1.54) is 12.1 Å². The van der Waals surface area contributed by atoms with Gasteiger partial charge in [-0.05, 0) is 62.9 Å². The lowest BCUT2D eigenvalue weighted by Gasteiger charge is -2.39.